The number of hydrogen-bond donors (Lipinski definition) is 1. The Morgan fingerprint density at radius 1 is 1.56 bits per heavy atom. The van der Waals surface area contributed by atoms with E-state index in [4.69, 9.17) is 9.84 Å². The quantitative estimate of drug-likeness (QED) is 0.750. The molecule has 1 atom stereocenters. The number of morpholine rings is 1. The Labute approximate surface area is 108 Å². The first-order valence-electron chi connectivity index (χ1n) is 5.81. The van der Waals surface area contributed by atoms with Gasteiger partial charge in [-0.25, -0.2) is 0 Å². The average Bonchev–Trinajstić information content (AvgIpc) is 2.27. The Morgan fingerprint density at radius 2 is 2.17 bits per heavy atom. The number of ether oxygens (including phenoxy) is 1. The van der Waals surface area contributed by atoms with Gasteiger partial charge >= 0.3 is 5.97 Å². The maximum atomic E-state index is 12.3. The van der Waals surface area contributed by atoms with E-state index in [9.17, 15) is 13.2 Å². The smallest absolute Gasteiger partial charge is 0.305 e. The zero-order chi connectivity index (χ0) is 13.9. The molecule has 0 saturated carbocycles. The summed E-state index contributed by atoms with van der Waals surface area (Å²) in [7, 11) is -2.14. The van der Waals surface area contributed by atoms with Crippen LogP contribution in [0, 0.1) is 0 Å². The van der Waals surface area contributed by atoms with Crippen LogP contribution in [0.1, 0.15) is 20.3 Å². The maximum Gasteiger partial charge on any atom is 0.305 e. The molecule has 0 aromatic carbocycles. The lowest BCUT2D eigenvalue weighted by molar-refractivity contribution is -0.139. The number of aliphatic carboxylic acids is 1. The summed E-state index contributed by atoms with van der Waals surface area (Å²) in [5.41, 5.74) is 0. The van der Waals surface area contributed by atoms with Gasteiger partial charge in [-0.15, -0.1) is 0 Å². The molecule has 0 amide bonds. The second-order valence-corrected chi connectivity index (χ2v) is 6.50. The number of hydrogen-bond acceptors (Lipinski definition) is 4. The van der Waals surface area contributed by atoms with Gasteiger partial charge in [0.2, 0.25) is 0 Å². The summed E-state index contributed by atoms with van der Waals surface area (Å²) in [4.78, 5) is 10.8. The van der Waals surface area contributed by atoms with Gasteiger partial charge in [0.05, 0.1) is 25.7 Å². The number of rotatable bonds is 5. The molecular formula is C10H20N2O5S. The van der Waals surface area contributed by atoms with Crippen molar-refractivity contribution >= 4 is 16.2 Å². The monoisotopic (exact) mass is 280 g/mol. The average molecular weight is 280 g/mol. The molecule has 1 heterocycles. The van der Waals surface area contributed by atoms with E-state index in [1.54, 1.807) is 13.8 Å². The van der Waals surface area contributed by atoms with Crippen molar-refractivity contribution in [2.24, 2.45) is 0 Å². The normalized spacial score (nSPS) is 22.6. The number of carboxylic acids is 1. The molecule has 1 rings (SSSR count). The van der Waals surface area contributed by atoms with Crippen molar-refractivity contribution < 1.29 is 23.1 Å². The van der Waals surface area contributed by atoms with E-state index in [-0.39, 0.29) is 25.6 Å². The molecule has 1 fully saturated rings. The molecule has 0 spiro atoms. The van der Waals surface area contributed by atoms with Crippen LogP contribution in [0.25, 0.3) is 0 Å². The van der Waals surface area contributed by atoms with Gasteiger partial charge in [0.25, 0.3) is 10.2 Å². The van der Waals surface area contributed by atoms with E-state index in [0.717, 1.165) is 0 Å². The van der Waals surface area contributed by atoms with Crippen LogP contribution in [-0.2, 0) is 19.7 Å². The van der Waals surface area contributed by atoms with E-state index in [0.29, 0.717) is 6.61 Å². The summed E-state index contributed by atoms with van der Waals surface area (Å²) in [5.74, 6) is -1.03. The van der Waals surface area contributed by atoms with Crippen LogP contribution in [0.15, 0.2) is 0 Å². The van der Waals surface area contributed by atoms with Crippen molar-refractivity contribution in [3.05, 3.63) is 0 Å². The number of carbonyl (C=O) groups is 1. The predicted octanol–water partition coefficient (Wildman–Crippen LogP) is -0.253. The van der Waals surface area contributed by atoms with Crippen molar-refractivity contribution in [2.75, 3.05) is 26.8 Å². The van der Waals surface area contributed by atoms with Crippen molar-refractivity contribution in [3.8, 4) is 0 Å². The molecule has 8 heteroatoms. The fourth-order valence-corrected chi connectivity index (χ4v) is 3.42. The SMILES string of the molecule is CC(C)N(C)S(=O)(=O)N1CCOCC1CC(=O)O. The van der Waals surface area contributed by atoms with Crippen LogP contribution in [0.3, 0.4) is 0 Å². The summed E-state index contributed by atoms with van der Waals surface area (Å²) in [6.45, 7) is 4.14. The minimum Gasteiger partial charge on any atom is -0.481 e. The highest BCUT2D eigenvalue weighted by molar-refractivity contribution is 7.86. The molecule has 1 aliphatic rings. The summed E-state index contributed by atoms with van der Waals surface area (Å²) in [6.07, 6.45) is -0.245. The van der Waals surface area contributed by atoms with Crippen molar-refractivity contribution in [3.63, 3.8) is 0 Å². The zero-order valence-electron chi connectivity index (χ0n) is 10.9. The third kappa shape index (κ3) is 3.41. The molecule has 1 saturated heterocycles. The minimum atomic E-state index is -3.63. The lowest BCUT2D eigenvalue weighted by Gasteiger charge is -2.37. The fraction of sp³-hybridized carbons (Fsp3) is 0.900. The first-order chi connectivity index (χ1) is 8.26. The third-order valence-corrected chi connectivity index (χ3v) is 5.19. The highest BCUT2D eigenvalue weighted by Gasteiger charge is 2.37. The Morgan fingerprint density at radius 3 is 2.67 bits per heavy atom. The Kier molecular flexibility index (Phi) is 5.09. The Balaban J connectivity index is 2.92. The third-order valence-electron chi connectivity index (χ3n) is 2.97. The first kappa shape index (κ1) is 15.4. The van der Waals surface area contributed by atoms with E-state index in [1.807, 2.05) is 0 Å². The Hall–Kier alpha value is -0.700. The second kappa shape index (κ2) is 5.96. The highest BCUT2D eigenvalue weighted by Crippen LogP contribution is 2.19. The lowest BCUT2D eigenvalue weighted by Crippen LogP contribution is -2.54. The van der Waals surface area contributed by atoms with Crippen LogP contribution < -0.4 is 0 Å². The van der Waals surface area contributed by atoms with Gasteiger partial charge in [-0.2, -0.15) is 17.0 Å². The van der Waals surface area contributed by atoms with Gasteiger partial charge in [0.1, 0.15) is 0 Å². The topological polar surface area (TPSA) is 87.2 Å². The molecule has 18 heavy (non-hydrogen) atoms. The van der Waals surface area contributed by atoms with Crippen LogP contribution in [-0.4, -0.2) is 67.0 Å². The molecular weight excluding hydrogens is 260 g/mol. The predicted molar refractivity (Wildman–Crippen MR) is 65.4 cm³/mol. The standard InChI is InChI=1S/C10H20N2O5S/c1-8(2)11(3)18(15,16)12-4-5-17-7-9(12)6-10(13)14/h8-9H,4-7H2,1-3H3,(H,13,14). The number of nitrogens with zero attached hydrogens (tertiary/aromatic N) is 2. The van der Waals surface area contributed by atoms with Gasteiger partial charge in [-0.05, 0) is 13.8 Å². The second-order valence-electron chi connectivity index (χ2n) is 4.56. The molecule has 0 radical (unpaired) electrons. The summed E-state index contributed by atoms with van der Waals surface area (Å²) in [5, 5.41) is 8.81. The molecule has 0 aliphatic carbocycles. The lowest BCUT2D eigenvalue weighted by atomic mass is 10.2. The van der Waals surface area contributed by atoms with Crippen LogP contribution in [0.5, 0.6) is 0 Å². The van der Waals surface area contributed by atoms with Gasteiger partial charge in [-0.1, -0.05) is 0 Å². The van der Waals surface area contributed by atoms with E-state index < -0.39 is 22.2 Å². The summed E-state index contributed by atoms with van der Waals surface area (Å²) >= 11 is 0. The van der Waals surface area contributed by atoms with Crippen LogP contribution in [0.2, 0.25) is 0 Å². The Bertz CT molecular complexity index is 395. The van der Waals surface area contributed by atoms with Gasteiger partial charge in [0.15, 0.2) is 0 Å². The maximum absolute atomic E-state index is 12.3. The zero-order valence-corrected chi connectivity index (χ0v) is 11.7. The van der Waals surface area contributed by atoms with Crippen molar-refractivity contribution in [1.29, 1.82) is 0 Å². The molecule has 0 bridgehead atoms. The summed E-state index contributed by atoms with van der Waals surface area (Å²) < 4.78 is 32.3. The van der Waals surface area contributed by atoms with Gasteiger partial charge < -0.3 is 9.84 Å². The molecule has 0 aromatic rings. The highest BCUT2D eigenvalue weighted by atomic mass is 32.2. The molecule has 7 nitrogen and oxygen atoms in total. The van der Waals surface area contributed by atoms with Crippen molar-refractivity contribution in [2.45, 2.75) is 32.4 Å². The largest absolute Gasteiger partial charge is 0.481 e. The first-order valence-corrected chi connectivity index (χ1v) is 7.21. The number of carboxylic acid groups (broad SMARTS) is 1. The van der Waals surface area contributed by atoms with E-state index >= 15 is 0 Å². The molecule has 1 N–H and O–H groups in total. The van der Waals surface area contributed by atoms with E-state index in [2.05, 4.69) is 0 Å². The van der Waals surface area contributed by atoms with Crippen LogP contribution >= 0.6 is 0 Å². The molecule has 106 valence electrons. The molecule has 1 aliphatic heterocycles. The van der Waals surface area contributed by atoms with Gasteiger partial charge in [-0.3, -0.25) is 4.79 Å². The van der Waals surface area contributed by atoms with E-state index in [1.165, 1.54) is 15.7 Å². The molecule has 0 aromatic heterocycles. The molecule has 1 unspecified atom stereocenters. The minimum absolute atomic E-state index is 0.122. The van der Waals surface area contributed by atoms with Crippen molar-refractivity contribution in [1.82, 2.24) is 8.61 Å². The summed E-state index contributed by atoms with van der Waals surface area (Å²) in [6, 6.07) is -0.814. The fourth-order valence-electron chi connectivity index (χ4n) is 1.74. The van der Waals surface area contributed by atoms with Crippen LogP contribution in [0.4, 0.5) is 0 Å². The van der Waals surface area contributed by atoms with Gasteiger partial charge in [0, 0.05) is 19.6 Å².